The molecule has 1 aliphatic heterocycles. The summed E-state index contributed by atoms with van der Waals surface area (Å²) >= 11 is 0. The standard InChI is InChI=1S/C29H33N3O3/c1-35-26-14-8-13-25(29(26)34)15-16-27(33)30-17-18-31-19-21-32(22-20-31)28(23-9-4-2-5-10-23)24-11-6-3-7-12-24/h2-16,28,34H,17-22H2,1H3,(H,30,33). The van der Waals surface area contributed by atoms with Crippen molar-refractivity contribution in [3.8, 4) is 11.5 Å². The van der Waals surface area contributed by atoms with Gasteiger partial charge < -0.3 is 15.2 Å². The zero-order chi connectivity index (χ0) is 24.5. The molecule has 0 aromatic heterocycles. The number of phenolic OH excluding ortho intramolecular Hbond substituents is 1. The number of piperazine rings is 1. The number of amides is 1. The van der Waals surface area contributed by atoms with Gasteiger partial charge in [-0.2, -0.15) is 0 Å². The number of methoxy groups -OCH3 is 1. The number of benzene rings is 3. The Labute approximate surface area is 207 Å². The van der Waals surface area contributed by atoms with Gasteiger partial charge in [-0.25, -0.2) is 0 Å². The van der Waals surface area contributed by atoms with Crippen LogP contribution in [0.3, 0.4) is 0 Å². The fourth-order valence-electron chi connectivity index (χ4n) is 4.53. The third-order valence-electron chi connectivity index (χ3n) is 6.39. The highest BCUT2D eigenvalue weighted by Gasteiger charge is 2.26. The van der Waals surface area contributed by atoms with Crippen molar-refractivity contribution in [2.45, 2.75) is 6.04 Å². The number of ether oxygens (including phenoxy) is 1. The van der Waals surface area contributed by atoms with Gasteiger partial charge in [0.2, 0.25) is 5.91 Å². The lowest BCUT2D eigenvalue weighted by molar-refractivity contribution is -0.116. The average Bonchev–Trinajstić information content (AvgIpc) is 2.90. The first-order valence-electron chi connectivity index (χ1n) is 12.0. The van der Waals surface area contributed by atoms with Gasteiger partial charge in [-0.05, 0) is 23.3 Å². The monoisotopic (exact) mass is 471 g/mol. The second-order valence-corrected chi connectivity index (χ2v) is 8.62. The van der Waals surface area contributed by atoms with Crippen LogP contribution in [0.5, 0.6) is 11.5 Å². The number of phenols is 1. The number of carbonyl (C=O) groups is 1. The predicted octanol–water partition coefficient (Wildman–Crippen LogP) is 3.94. The molecule has 0 spiro atoms. The molecular formula is C29H33N3O3. The Hall–Kier alpha value is -3.61. The normalized spacial score (nSPS) is 14.9. The number of hydrogen-bond donors (Lipinski definition) is 2. The fraction of sp³-hybridized carbons (Fsp3) is 0.276. The highest BCUT2D eigenvalue weighted by molar-refractivity contribution is 5.92. The zero-order valence-corrected chi connectivity index (χ0v) is 20.1. The summed E-state index contributed by atoms with van der Waals surface area (Å²) in [6.07, 6.45) is 3.04. The smallest absolute Gasteiger partial charge is 0.244 e. The molecule has 6 heteroatoms. The molecule has 182 valence electrons. The molecule has 0 radical (unpaired) electrons. The summed E-state index contributed by atoms with van der Waals surface area (Å²) in [5, 5.41) is 13.1. The third-order valence-corrected chi connectivity index (χ3v) is 6.39. The van der Waals surface area contributed by atoms with Crippen molar-refractivity contribution in [1.82, 2.24) is 15.1 Å². The lowest BCUT2D eigenvalue weighted by Gasteiger charge is -2.39. The zero-order valence-electron chi connectivity index (χ0n) is 20.1. The SMILES string of the molecule is COc1cccc(C=CC(=O)NCCN2CCN(C(c3ccccc3)c3ccccc3)CC2)c1O. The van der Waals surface area contributed by atoms with Crippen LogP contribution in [-0.2, 0) is 4.79 Å². The van der Waals surface area contributed by atoms with E-state index in [1.54, 1.807) is 24.3 Å². The summed E-state index contributed by atoms with van der Waals surface area (Å²) < 4.78 is 5.10. The number of rotatable bonds is 9. The maximum Gasteiger partial charge on any atom is 0.244 e. The first kappa shape index (κ1) is 24.5. The lowest BCUT2D eigenvalue weighted by Crippen LogP contribution is -2.49. The van der Waals surface area contributed by atoms with Crippen LogP contribution >= 0.6 is 0 Å². The topological polar surface area (TPSA) is 65.0 Å². The predicted molar refractivity (Wildman–Crippen MR) is 139 cm³/mol. The van der Waals surface area contributed by atoms with Gasteiger partial charge in [0.25, 0.3) is 0 Å². The lowest BCUT2D eigenvalue weighted by atomic mass is 9.96. The van der Waals surface area contributed by atoms with Crippen LogP contribution in [0, 0.1) is 0 Å². The van der Waals surface area contributed by atoms with Crippen LogP contribution in [0.2, 0.25) is 0 Å². The van der Waals surface area contributed by atoms with Gasteiger partial charge in [-0.3, -0.25) is 14.6 Å². The van der Waals surface area contributed by atoms with Crippen LogP contribution in [0.15, 0.2) is 84.9 Å². The summed E-state index contributed by atoms with van der Waals surface area (Å²) in [4.78, 5) is 17.2. The molecule has 0 saturated carbocycles. The molecular weight excluding hydrogens is 438 g/mol. The van der Waals surface area contributed by atoms with Crippen molar-refractivity contribution >= 4 is 12.0 Å². The van der Waals surface area contributed by atoms with Crippen molar-refractivity contribution in [1.29, 1.82) is 0 Å². The molecule has 1 fully saturated rings. The Morgan fingerprint density at radius 1 is 0.943 bits per heavy atom. The Balaban J connectivity index is 1.26. The second kappa shape index (κ2) is 12.2. The summed E-state index contributed by atoms with van der Waals surface area (Å²) in [6, 6.07) is 26.8. The van der Waals surface area contributed by atoms with Gasteiger partial charge in [0.15, 0.2) is 11.5 Å². The molecule has 35 heavy (non-hydrogen) atoms. The van der Waals surface area contributed by atoms with E-state index in [-0.39, 0.29) is 17.7 Å². The minimum Gasteiger partial charge on any atom is -0.504 e. The van der Waals surface area contributed by atoms with Gasteiger partial charge in [0.1, 0.15) is 0 Å². The van der Waals surface area contributed by atoms with Crippen molar-refractivity contribution in [2.24, 2.45) is 0 Å². The van der Waals surface area contributed by atoms with E-state index in [1.165, 1.54) is 24.3 Å². The highest BCUT2D eigenvalue weighted by Crippen LogP contribution is 2.30. The molecule has 4 rings (SSSR count). The molecule has 1 aliphatic rings. The maximum absolute atomic E-state index is 12.2. The number of nitrogens with zero attached hydrogens (tertiary/aromatic N) is 2. The highest BCUT2D eigenvalue weighted by atomic mass is 16.5. The molecule has 0 unspecified atom stereocenters. The molecule has 6 nitrogen and oxygen atoms in total. The molecule has 1 heterocycles. The summed E-state index contributed by atoms with van der Waals surface area (Å²) in [7, 11) is 1.50. The van der Waals surface area contributed by atoms with Crippen LogP contribution in [0.1, 0.15) is 22.7 Å². The second-order valence-electron chi connectivity index (χ2n) is 8.62. The Kier molecular flexibility index (Phi) is 8.54. The van der Waals surface area contributed by atoms with Gasteiger partial charge >= 0.3 is 0 Å². The number of para-hydroxylation sites is 1. The van der Waals surface area contributed by atoms with Crippen LogP contribution in [0.4, 0.5) is 0 Å². The molecule has 0 bridgehead atoms. The number of aromatic hydroxyl groups is 1. The van der Waals surface area contributed by atoms with E-state index >= 15 is 0 Å². The largest absolute Gasteiger partial charge is 0.504 e. The van der Waals surface area contributed by atoms with Gasteiger partial charge in [-0.15, -0.1) is 0 Å². The van der Waals surface area contributed by atoms with Crippen molar-refractivity contribution in [2.75, 3.05) is 46.4 Å². The van der Waals surface area contributed by atoms with Crippen molar-refractivity contribution in [3.05, 3.63) is 102 Å². The maximum atomic E-state index is 12.2. The van der Waals surface area contributed by atoms with Crippen LogP contribution in [-0.4, -0.2) is 67.2 Å². The number of carbonyl (C=O) groups excluding carboxylic acids is 1. The number of hydrogen-bond acceptors (Lipinski definition) is 5. The minimum absolute atomic E-state index is 0.0289. The molecule has 3 aromatic carbocycles. The van der Waals surface area contributed by atoms with E-state index in [2.05, 4.69) is 75.8 Å². The van der Waals surface area contributed by atoms with E-state index < -0.39 is 0 Å². The summed E-state index contributed by atoms with van der Waals surface area (Å²) in [5.74, 6) is 0.230. The van der Waals surface area contributed by atoms with Crippen molar-refractivity contribution in [3.63, 3.8) is 0 Å². The molecule has 1 saturated heterocycles. The van der Waals surface area contributed by atoms with E-state index in [0.717, 1.165) is 32.7 Å². The van der Waals surface area contributed by atoms with E-state index in [9.17, 15) is 9.90 Å². The Morgan fingerprint density at radius 3 is 2.17 bits per heavy atom. The summed E-state index contributed by atoms with van der Waals surface area (Å²) in [5.41, 5.74) is 3.17. The number of nitrogens with one attached hydrogen (secondary N) is 1. The molecule has 2 N–H and O–H groups in total. The van der Waals surface area contributed by atoms with Gasteiger partial charge in [0.05, 0.1) is 13.2 Å². The summed E-state index contributed by atoms with van der Waals surface area (Å²) in [6.45, 7) is 5.24. The van der Waals surface area contributed by atoms with E-state index in [1.807, 2.05) is 0 Å². The van der Waals surface area contributed by atoms with Gasteiger partial charge in [-0.1, -0.05) is 72.8 Å². The molecule has 1 amide bonds. The fourth-order valence-corrected chi connectivity index (χ4v) is 4.53. The van der Waals surface area contributed by atoms with E-state index in [0.29, 0.717) is 17.9 Å². The molecule has 0 aliphatic carbocycles. The first-order chi connectivity index (χ1) is 17.2. The Bertz CT molecular complexity index is 1070. The first-order valence-corrected chi connectivity index (χ1v) is 12.0. The molecule has 0 atom stereocenters. The Morgan fingerprint density at radius 2 is 1.57 bits per heavy atom. The third kappa shape index (κ3) is 6.50. The average molecular weight is 472 g/mol. The van der Waals surface area contributed by atoms with E-state index in [4.69, 9.17) is 4.74 Å². The quantitative estimate of drug-likeness (QED) is 0.463. The molecule has 3 aromatic rings. The van der Waals surface area contributed by atoms with Crippen LogP contribution in [0.25, 0.3) is 6.08 Å². The van der Waals surface area contributed by atoms with Crippen LogP contribution < -0.4 is 10.1 Å². The van der Waals surface area contributed by atoms with Crippen molar-refractivity contribution < 1.29 is 14.6 Å². The van der Waals surface area contributed by atoms with Gasteiger partial charge in [0, 0.05) is 50.9 Å². The minimum atomic E-state index is -0.181.